The number of amides is 6. The van der Waals surface area contributed by atoms with Gasteiger partial charge >= 0.3 is 0 Å². The number of carbonyl (C=O) groups is 6. The Hall–Kier alpha value is -5.67. The van der Waals surface area contributed by atoms with Crippen LogP contribution in [0, 0.1) is 12.8 Å². The molecule has 3 aromatic rings. The standard InChI is InChI=1S/C44H57N9O7/c1-27-12-10-15-33(27)52-39-29(24-28(2)41(52)58)25-47-44(50-39)48-30-19-22-51(23-20-30)37(56)16-8-6-4-3-5-7-9-21-45-36(55)26-46-32-14-11-13-31-38(32)43(60)53(42(31)59)34-17-18-35(54)49-40(34)57/h11,13-14,24-25,27,30,33-34,46H,3-10,12,15-23,26H2,1-2H3,(H,45,55)(H,47,48,50)(H,49,54,57)/t27-,33+,34?/m0/s1. The first-order valence-electron chi connectivity index (χ1n) is 21.8. The first kappa shape index (κ1) is 42.5. The highest BCUT2D eigenvalue weighted by Gasteiger charge is 2.45. The molecular weight excluding hydrogens is 767 g/mol. The van der Waals surface area contributed by atoms with E-state index in [-0.39, 0.29) is 60.0 Å². The van der Waals surface area contributed by atoms with E-state index in [2.05, 4.69) is 33.2 Å². The number of benzene rings is 1. The number of rotatable bonds is 17. The van der Waals surface area contributed by atoms with Crippen LogP contribution in [0.25, 0.3) is 11.0 Å². The number of pyridine rings is 1. The monoisotopic (exact) mass is 823 g/mol. The largest absolute Gasteiger partial charge is 0.375 e. The maximum Gasteiger partial charge on any atom is 0.264 e. The molecule has 0 spiro atoms. The van der Waals surface area contributed by atoms with E-state index in [9.17, 15) is 33.6 Å². The van der Waals surface area contributed by atoms with Gasteiger partial charge in [0.2, 0.25) is 29.6 Å². The van der Waals surface area contributed by atoms with E-state index in [1.165, 1.54) is 6.07 Å². The average Bonchev–Trinajstić information content (AvgIpc) is 3.77. The Bertz CT molecular complexity index is 2200. The third-order valence-corrected chi connectivity index (χ3v) is 12.6. The van der Waals surface area contributed by atoms with Crippen molar-refractivity contribution in [3.63, 3.8) is 0 Å². The summed E-state index contributed by atoms with van der Waals surface area (Å²) in [6.45, 7) is 5.89. The third-order valence-electron chi connectivity index (χ3n) is 12.6. The molecule has 1 aromatic carbocycles. The predicted octanol–water partition coefficient (Wildman–Crippen LogP) is 4.61. The van der Waals surface area contributed by atoms with Gasteiger partial charge in [-0.15, -0.1) is 0 Å². The second-order valence-electron chi connectivity index (χ2n) is 16.9. The summed E-state index contributed by atoms with van der Waals surface area (Å²) in [5.74, 6) is -1.41. The summed E-state index contributed by atoms with van der Waals surface area (Å²) in [4.78, 5) is 101. The third kappa shape index (κ3) is 9.52. The summed E-state index contributed by atoms with van der Waals surface area (Å²) < 4.78 is 1.90. The molecule has 1 aliphatic carbocycles. The van der Waals surface area contributed by atoms with E-state index in [0.717, 1.165) is 87.3 Å². The van der Waals surface area contributed by atoms with Crippen LogP contribution in [-0.2, 0) is 19.2 Å². The van der Waals surface area contributed by atoms with Crippen molar-refractivity contribution in [2.45, 2.75) is 128 Å². The minimum Gasteiger partial charge on any atom is -0.375 e. The number of nitrogens with one attached hydrogen (secondary N) is 4. The lowest BCUT2D eigenvalue weighted by Crippen LogP contribution is -2.54. The first-order valence-corrected chi connectivity index (χ1v) is 21.8. The Morgan fingerprint density at radius 3 is 2.38 bits per heavy atom. The van der Waals surface area contributed by atoms with Gasteiger partial charge in [0, 0.05) is 67.4 Å². The van der Waals surface area contributed by atoms with Crippen LogP contribution in [0.2, 0.25) is 0 Å². The molecule has 7 rings (SSSR count). The van der Waals surface area contributed by atoms with E-state index >= 15 is 0 Å². The van der Waals surface area contributed by atoms with Gasteiger partial charge in [-0.2, -0.15) is 4.98 Å². The molecule has 4 N–H and O–H groups in total. The Labute approximate surface area is 349 Å². The Balaban J connectivity index is 0.738. The fourth-order valence-electron chi connectivity index (χ4n) is 9.17. The molecule has 3 fully saturated rings. The Morgan fingerprint density at radius 1 is 0.900 bits per heavy atom. The number of hydrogen-bond acceptors (Lipinski definition) is 11. The van der Waals surface area contributed by atoms with Crippen LogP contribution in [0.4, 0.5) is 11.6 Å². The summed E-state index contributed by atoms with van der Waals surface area (Å²) in [5.41, 5.74) is 2.04. The number of aryl methyl sites for hydroxylation is 1. The quantitative estimate of drug-likeness (QED) is 0.109. The molecule has 3 aliphatic heterocycles. The molecule has 0 bridgehead atoms. The molecule has 2 aromatic heterocycles. The van der Waals surface area contributed by atoms with Gasteiger partial charge in [-0.05, 0) is 76.0 Å². The minimum atomic E-state index is -1.06. The average molecular weight is 824 g/mol. The van der Waals surface area contributed by atoms with Crippen LogP contribution in [0.15, 0.2) is 35.3 Å². The van der Waals surface area contributed by atoms with Gasteiger partial charge in [-0.3, -0.25) is 48.3 Å². The summed E-state index contributed by atoms with van der Waals surface area (Å²) in [6.07, 6.45) is 14.1. The van der Waals surface area contributed by atoms with Crippen molar-refractivity contribution in [1.82, 2.24) is 35.0 Å². The van der Waals surface area contributed by atoms with E-state index < -0.39 is 29.7 Å². The summed E-state index contributed by atoms with van der Waals surface area (Å²) in [6, 6.07) is 5.88. The van der Waals surface area contributed by atoms with Gasteiger partial charge in [0.15, 0.2) is 0 Å². The topological polar surface area (TPSA) is 205 Å². The molecule has 1 saturated carbocycles. The van der Waals surface area contributed by atoms with Gasteiger partial charge in [-0.1, -0.05) is 51.5 Å². The van der Waals surface area contributed by atoms with E-state index in [0.29, 0.717) is 54.8 Å². The van der Waals surface area contributed by atoms with E-state index in [1.54, 1.807) is 12.1 Å². The summed E-state index contributed by atoms with van der Waals surface area (Å²) >= 11 is 0. The van der Waals surface area contributed by atoms with Gasteiger partial charge in [-0.25, -0.2) is 4.98 Å². The Kier molecular flexibility index (Phi) is 13.5. The van der Waals surface area contributed by atoms with Crippen molar-refractivity contribution in [2.24, 2.45) is 5.92 Å². The van der Waals surface area contributed by atoms with Crippen molar-refractivity contribution in [1.29, 1.82) is 0 Å². The van der Waals surface area contributed by atoms with E-state index in [4.69, 9.17) is 4.98 Å². The fraction of sp³-hybridized carbons (Fsp3) is 0.568. The highest BCUT2D eigenvalue weighted by molar-refractivity contribution is 6.25. The number of carbonyl (C=O) groups excluding carboxylic acids is 6. The molecule has 6 amide bonds. The highest BCUT2D eigenvalue weighted by Crippen LogP contribution is 2.36. The number of piperidine rings is 2. The number of fused-ring (bicyclic) bond motifs is 2. The summed E-state index contributed by atoms with van der Waals surface area (Å²) in [5, 5.41) is 12.4. The second kappa shape index (κ2) is 19.1. The van der Waals surface area contributed by atoms with Crippen molar-refractivity contribution >= 4 is 58.1 Å². The predicted molar refractivity (Wildman–Crippen MR) is 225 cm³/mol. The molecule has 0 radical (unpaired) electrons. The molecule has 4 aliphatic rings. The number of hydrogen-bond donors (Lipinski definition) is 4. The lowest BCUT2D eigenvalue weighted by atomic mass is 10.0. The number of unbranched alkanes of at least 4 members (excludes halogenated alkanes) is 6. The number of nitrogens with zero attached hydrogens (tertiary/aromatic N) is 5. The molecular formula is C44H57N9O7. The number of aromatic nitrogens is 3. The van der Waals surface area contributed by atoms with Gasteiger partial charge < -0.3 is 20.9 Å². The van der Waals surface area contributed by atoms with Crippen LogP contribution in [0.5, 0.6) is 0 Å². The SMILES string of the molecule is Cc1cc2cnc(NC3CCN(C(=O)CCCCCCCCCNC(=O)CNc4cccc5c4C(=O)N(C4CCC(=O)NC4=O)C5=O)CC3)nc2n([C@@H]2CCC[C@@H]2C)c1=O. The van der Waals surface area contributed by atoms with Crippen LogP contribution >= 0.6 is 0 Å². The molecule has 3 atom stereocenters. The van der Waals surface area contributed by atoms with Crippen molar-refractivity contribution in [3.8, 4) is 0 Å². The van der Waals surface area contributed by atoms with Crippen molar-refractivity contribution < 1.29 is 28.8 Å². The zero-order chi connectivity index (χ0) is 42.3. The molecule has 320 valence electrons. The molecule has 60 heavy (non-hydrogen) atoms. The van der Waals surface area contributed by atoms with Gasteiger partial charge in [0.05, 0.1) is 17.7 Å². The van der Waals surface area contributed by atoms with E-state index in [1.807, 2.05) is 28.7 Å². The minimum absolute atomic E-state index is 0.0309. The molecule has 1 unspecified atom stereocenters. The van der Waals surface area contributed by atoms with Crippen LogP contribution < -0.4 is 26.8 Å². The fourth-order valence-corrected chi connectivity index (χ4v) is 9.17. The number of likely N-dealkylation sites (tertiary alicyclic amines) is 1. The zero-order valence-corrected chi connectivity index (χ0v) is 34.7. The molecule has 5 heterocycles. The lowest BCUT2D eigenvalue weighted by Gasteiger charge is -2.32. The summed E-state index contributed by atoms with van der Waals surface area (Å²) in [7, 11) is 0. The smallest absolute Gasteiger partial charge is 0.264 e. The first-order chi connectivity index (χ1) is 29.0. The van der Waals surface area contributed by atoms with Crippen LogP contribution in [0.3, 0.4) is 0 Å². The van der Waals surface area contributed by atoms with Gasteiger partial charge in [0.25, 0.3) is 17.4 Å². The number of imide groups is 2. The molecule has 16 nitrogen and oxygen atoms in total. The Morgan fingerprint density at radius 2 is 1.65 bits per heavy atom. The second-order valence-corrected chi connectivity index (χ2v) is 16.9. The maximum absolute atomic E-state index is 13.3. The zero-order valence-electron chi connectivity index (χ0n) is 34.7. The molecule has 16 heteroatoms. The van der Waals surface area contributed by atoms with Gasteiger partial charge in [0.1, 0.15) is 11.7 Å². The maximum atomic E-state index is 13.3. The molecule has 2 saturated heterocycles. The van der Waals surface area contributed by atoms with Crippen LogP contribution in [0.1, 0.15) is 136 Å². The van der Waals surface area contributed by atoms with Crippen molar-refractivity contribution in [2.75, 3.05) is 36.8 Å². The highest BCUT2D eigenvalue weighted by atomic mass is 16.2. The van der Waals surface area contributed by atoms with Crippen LogP contribution in [-0.4, -0.2) is 98.0 Å². The lowest BCUT2D eigenvalue weighted by molar-refractivity contribution is -0.136. The normalized spacial score (nSPS) is 20.7. The van der Waals surface area contributed by atoms with Crippen molar-refractivity contribution in [3.05, 3.63) is 57.5 Å². The number of anilines is 2.